The van der Waals surface area contributed by atoms with Gasteiger partial charge in [-0.3, -0.25) is 14.5 Å². The first kappa shape index (κ1) is 15.3. The zero-order valence-corrected chi connectivity index (χ0v) is 11.6. The van der Waals surface area contributed by atoms with Crippen molar-refractivity contribution in [1.82, 2.24) is 5.32 Å². The van der Waals surface area contributed by atoms with Crippen molar-refractivity contribution < 1.29 is 22.8 Å². The molecule has 114 valence electrons. The lowest BCUT2D eigenvalue weighted by atomic mass is 10.0. The molecular formula is C14H15F3N2O2. The molecule has 1 aliphatic heterocycles. The minimum atomic E-state index is -1.40. The maximum atomic E-state index is 13.9. The maximum Gasteiger partial charge on any atom is 0.250 e. The van der Waals surface area contributed by atoms with Gasteiger partial charge in [-0.15, -0.1) is 0 Å². The van der Waals surface area contributed by atoms with Gasteiger partial charge in [-0.05, 0) is 12.8 Å². The van der Waals surface area contributed by atoms with Crippen LogP contribution in [-0.2, 0) is 9.59 Å². The summed E-state index contributed by atoms with van der Waals surface area (Å²) >= 11 is 0. The monoisotopic (exact) mass is 300 g/mol. The van der Waals surface area contributed by atoms with Crippen LogP contribution >= 0.6 is 0 Å². The lowest BCUT2D eigenvalue weighted by molar-refractivity contribution is -0.134. The van der Waals surface area contributed by atoms with Gasteiger partial charge in [-0.1, -0.05) is 13.8 Å². The van der Waals surface area contributed by atoms with Crippen LogP contribution in [-0.4, -0.2) is 23.9 Å². The number of benzene rings is 1. The molecule has 1 heterocycles. The highest BCUT2D eigenvalue weighted by Gasteiger charge is 2.41. The van der Waals surface area contributed by atoms with Crippen LogP contribution in [0.4, 0.5) is 18.9 Å². The van der Waals surface area contributed by atoms with Gasteiger partial charge in [0.25, 0.3) is 0 Å². The normalized spacial score (nSPS) is 22.4. The van der Waals surface area contributed by atoms with Crippen molar-refractivity contribution in [2.24, 2.45) is 0 Å². The van der Waals surface area contributed by atoms with Crippen molar-refractivity contribution in [3.05, 3.63) is 29.6 Å². The summed E-state index contributed by atoms with van der Waals surface area (Å²) in [5.74, 6) is -4.79. The van der Waals surface area contributed by atoms with Crippen LogP contribution in [0, 0.1) is 17.5 Å². The summed E-state index contributed by atoms with van der Waals surface area (Å²) in [4.78, 5) is 25.2. The van der Waals surface area contributed by atoms with Gasteiger partial charge in [0.1, 0.15) is 17.9 Å². The van der Waals surface area contributed by atoms with E-state index in [2.05, 4.69) is 5.32 Å². The number of carbonyl (C=O) groups excluding carboxylic acids is 2. The van der Waals surface area contributed by atoms with E-state index in [1.807, 2.05) is 0 Å². The number of hydrogen-bond donors (Lipinski definition) is 1. The van der Waals surface area contributed by atoms with Gasteiger partial charge >= 0.3 is 0 Å². The number of anilines is 1. The molecule has 0 aliphatic carbocycles. The summed E-state index contributed by atoms with van der Waals surface area (Å²) in [7, 11) is 0. The molecule has 1 aromatic carbocycles. The van der Waals surface area contributed by atoms with E-state index in [0.717, 1.165) is 11.0 Å². The number of hydrogen-bond acceptors (Lipinski definition) is 2. The first-order chi connectivity index (χ1) is 9.90. The fourth-order valence-corrected chi connectivity index (χ4v) is 2.42. The summed E-state index contributed by atoms with van der Waals surface area (Å²) in [6.07, 6.45) is 0.502. The van der Waals surface area contributed by atoms with Gasteiger partial charge in [0.05, 0.1) is 5.69 Å². The lowest BCUT2D eigenvalue weighted by Gasteiger charge is -2.38. The molecule has 7 heteroatoms. The summed E-state index contributed by atoms with van der Waals surface area (Å²) in [5.41, 5.74) is -0.544. The van der Waals surface area contributed by atoms with Crippen LogP contribution in [0.15, 0.2) is 12.1 Å². The first-order valence-corrected chi connectivity index (χ1v) is 6.68. The largest absolute Gasteiger partial charge is 0.342 e. The standard InChI is InChI=1S/C14H15F3N2O2/c1-3-9-14(21)19(10(4-2)13(20)18-9)11-6-7(15)5-8(16)12(11)17/h5-6,9-10H,3-4H2,1-2H3,(H,18,20). The van der Waals surface area contributed by atoms with Crippen LogP contribution < -0.4 is 10.2 Å². The van der Waals surface area contributed by atoms with Crippen molar-refractivity contribution in [2.45, 2.75) is 38.8 Å². The molecule has 2 rings (SSSR count). The molecule has 0 radical (unpaired) electrons. The van der Waals surface area contributed by atoms with Crippen LogP contribution in [0.25, 0.3) is 0 Å². The molecule has 2 unspecified atom stereocenters. The van der Waals surface area contributed by atoms with Gasteiger partial charge in [-0.25, -0.2) is 13.2 Å². The van der Waals surface area contributed by atoms with E-state index < -0.39 is 47.0 Å². The molecule has 1 fully saturated rings. The van der Waals surface area contributed by atoms with Crippen molar-refractivity contribution in [3.63, 3.8) is 0 Å². The van der Waals surface area contributed by atoms with Gasteiger partial charge in [0, 0.05) is 12.1 Å². The Balaban J connectivity index is 2.56. The zero-order valence-electron chi connectivity index (χ0n) is 11.6. The second-order valence-electron chi connectivity index (χ2n) is 4.82. The third kappa shape index (κ3) is 2.59. The highest BCUT2D eigenvalue weighted by molar-refractivity contribution is 6.08. The Hall–Kier alpha value is -2.05. The molecule has 1 aromatic rings. The average Bonchev–Trinajstić information content (AvgIpc) is 2.44. The van der Waals surface area contributed by atoms with Crippen molar-refractivity contribution in [1.29, 1.82) is 0 Å². The third-order valence-corrected chi connectivity index (χ3v) is 3.49. The number of carbonyl (C=O) groups is 2. The Labute approximate surface area is 119 Å². The van der Waals surface area contributed by atoms with Crippen molar-refractivity contribution in [3.8, 4) is 0 Å². The van der Waals surface area contributed by atoms with E-state index in [-0.39, 0.29) is 6.42 Å². The first-order valence-electron chi connectivity index (χ1n) is 6.68. The van der Waals surface area contributed by atoms with Crippen molar-refractivity contribution >= 4 is 17.5 Å². The van der Waals surface area contributed by atoms with Crippen molar-refractivity contribution in [2.75, 3.05) is 4.90 Å². The molecule has 0 saturated carbocycles. The van der Waals surface area contributed by atoms with Gasteiger partial charge < -0.3 is 5.32 Å². The Morgan fingerprint density at radius 3 is 2.38 bits per heavy atom. The van der Waals surface area contributed by atoms with Gasteiger partial charge in [-0.2, -0.15) is 0 Å². The van der Waals surface area contributed by atoms with E-state index in [1.54, 1.807) is 13.8 Å². The van der Waals surface area contributed by atoms with Gasteiger partial charge in [0.15, 0.2) is 11.6 Å². The van der Waals surface area contributed by atoms with Crippen LogP contribution in [0.3, 0.4) is 0 Å². The summed E-state index contributed by atoms with van der Waals surface area (Å²) in [5, 5.41) is 2.53. The van der Waals surface area contributed by atoms with Gasteiger partial charge in [0.2, 0.25) is 11.8 Å². The highest BCUT2D eigenvalue weighted by atomic mass is 19.2. The molecule has 21 heavy (non-hydrogen) atoms. The second kappa shape index (κ2) is 5.75. The Morgan fingerprint density at radius 2 is 1.81 bits per heavy atom. The number of amides is 2. The quantitative estimate of drug-likeness (QED) is 0.869. The predicted octanol–water partition coefficient (Wildman–Crippen LogP) is 2.12. The minimum Gasteiger partial charge on any atom is -0.342 e. The van der Waals surface area contributed by atoms with Crippen LogP contribution in [0.1, 0.15) is 26.7 Å². The van der Waals surface area contributed by atoms with E-state index in [9.17, 15) is 22.8 Å². The average molecular weight is 300 g/mol. The Kier molecular flexibility index (Phi) is 4.20. The molecule has 0 bridgehead atoms. The number of nitrogens with zero attached hydrogens (tertiary/aromatic N) is 1. The van der Waals surface area contributed by atoms with E-state index >= 15 is 0 Å². The van der Waals surface area contributed by atoms with E-state index in [1.165, 1.54) is 0 Å². The molecule has 4 nitrogen and oxygen atoms in total. The fraction of sp³-hybridized carbons (Fsp3) is 0.429. The smallest absolute Gasteiger partial charge is 0.250 e. The molecule has 0 aromatic heterocycles. The van der Waals surface area contributed by atoms with Crippen LogP contribution in [0.2, 0.25) is 0 Å². The molecule has 1 N–H and O–H groups in total. The molecule has 0 spiro atoms. The Morgan fingerprint density at radius 1 is 1.14 bits per heavy atom. The summed E-state index contributed by atoms with van der Waals surface area (Å²) < 4.78 is 40.7. The second-order valence-corrected chi connectivity index (χ2v) is 4.82. The van der Waals surface area contributed by atoms with Crippen LogP contribution in [0.5, 0.6) is 0 Å². The molecule has 2 atom stereocenters. The highest BCUT2D eigenvalue weighted by Crippen LogP contribution is 2.29. The fourth-order valence-electron chi connectivity index (χ4n) is 2.42. The SMILES string of the molecule is CCC1NC(=O)C(CC)N(c2cc(F)cc(F)c2F)C1=O. The number of nitrogens with one attached hydrogen (secondary N) is 1. The summed E-state index contributed by atoms with van der Waals surface area (Å²) in [6.45, 7) is 3.31. The zero-order chi connectivity index (χ0) is 15.7. The third-order valence-electron chi connectivity index (χ3n) is 3.49. The molecule has 1 aliphatic rings. The number of halogens is 3. The molecule has 2 amide bonds. The topological polar surface area (TPSA) is 49.4 Å². The predicted molar refractivity (Wildman–Crippen MR) is 70.1 cm³/mol. The number of rotatable bonds is 3. The minimum absolute atomic E-state index is 0.200. The molecular weight excluding hydrogens is 285 g/mol. The van der Waals surface area contributed by atoms with E-state index in [4.69, 9.17) is 0 Å². The maximum absolute atomic E-state index is 13.9. The lowest BCUT2D eigenvalue weighted by Crippen LogP contribution is -2.63. The number of piperazine rings is 1. The summed E-state index contributed by atoms with van der Waals surface area (Å²) in [6, 6.07) is -0.697. The Bertz CT molecular complexity index is 592. The molecule has 1 saturated heterocycles. The van der Waals surface area contributed by atoms with E-state index in [0.29, 0.717) is 12.5 Å².